The van der Waals surface area contributed by atoms with Crippen LogP contribution in [0, 0.1) is 0 Å². The lowest BCUT2D eigenvalue weighted by Crippen LogP contribution is -2.30. The molecule has 0 aliphatic carbocycles. The fourth-order valence-electron chi connectivity index (χ4n) is 1.80. The number of nitrogens with zero attached hydrogens (tertiary/aromatic N) is 1. The summed E-state index contributed by atoms with van der Waals surface area (Å²) in [5.74, 6) is 2.19. The first kappa shape index (κ1) is 16.6. The minimum absolute atomic E-state index is 0.354. The lowest BCUT2D eigenvalue weighted by atomic mass is 10.3. The van der Waals surface area contributed by atoms with E-state index in [4.69, 9.17) is 14.3 Å². The molecule has 0 saturated carbocycles. The van der Waals surface area contributed by atoms with Crippen LogP contribution in [-0.4, -0.2) is 31.9 Å². The van der Waals surface area contributed by atoms with Crippen LogP contribution in [0.3, 0.4) is 0 Å². The van der Waals surface area contributed by atoms with E-state index < -0.39 is 0 Å². The molecule has 0 unspecified atom stereocenters. The van der Waals surface area contributed by atoms with Gasteiger partial charge in [0.1, 0.15) is 17.2 Å². The van der Waals surface area contributed by atoms with Crippen LogP contribution in [0.4, 0.5) is 10.5 Å². The molecule has 0 aromatic heterocycles. The average Bonchev–Trinajstić information content (AvgIpc) is 2.58. The van der Waals surface area contributed by atoms with Gasteiger partial charge in [-0.15, -0.1) is 0 Å². The maximum Gasteiger partial charge on any atom is 0.345 e. The zero-order chi connectivity index (χ0) is 16.7. The van der Waals surface area contributed by atoms with Gasteiger partial charge in [-0.25, -0.2) is 9.86 Å². The normalized spacial score (nSPS) is 10.0. The monoisotopic (exact) mass is 316 g/mol. The van der Waals surface area contributed by atoms with Crippen LogP contribution in [0.15, 0.2) is 48.5 Å². The van der Waals surface area contributed by atoms with Crippen molar-refractivity contribution in [3.63, 3.8) is 0 Å². The molecule has 23 heavy (non-hydrogen) atoms. The Bertz CT molecular complexity index is 626. The van der Waals surface area contributed by atoms with Gasteiger partial charge in [-0.05, 0) is 55.5 Å². The fraction of sp³-hybridized carbons (Fsp3) is 0.235. The molecule has 0 fully saturated rings. The van der Waals surface area contributed by atoms with E-state index in [0.717, 1.165) is 10.8 Å². The number of hydrogen-bond donors (Lipinski definition) is 1. The Morgan fingerprint density at radius 1 is 1.00 bits per heavy atom. The Morgan fingerprint density at radius 2 is 1.52 bits per heavy atom. The number of rotatable bonds is 6. The number of hydroxylamine groups is 2. The first-order valence-corrected chi connectivity index (χ1v) is 7.22. The summed E-state index contributed by atoms with van der Waals surface area (Å²) < 4.78 is 11.1. The first-order valence-electron chi connectivity index (χ1n) is 7.22. The topological polar surface area (TPSA) is 60.0 Å². The highest BCUT2D eigenvalue weighted by atomic mass is 16.7. The minimum Gasteiger partial charge on any atom is -0.494 e. The van der Waals surface area contributed by atoms with Crippen LogP contribution < -0.4 is 14.8 Å². The standard InChI is InChI=1S/C17H20N2O4/c1-4-22-14-9-11-16(12-10-14)23-15-7-5-13(6-8-15)18-17(20)19(2)21-3/h5-12H,4H2,1-3H3,(H,18,20). The Balaban J connectivity index is 1.95. The van der Waals surface area contributed by atoms with Gasteiger partial charge in [0.05, 0.1) is 13.7 Å². The van der Waals surface area contributed by atoms with E-state index in [1.54, 1.807) is 24.3 Å². The minimum atomic E-state index is -0.354. The molecule has 0 heterocycles. The highest BCUT2D eigenvalue weighted by Gasteiger charge is 2.07. The van der Waals surface area contributed by atoms with Crippen molar-refractivity contribution >= 4 is 11.7 Å². The summed E-state index contributed by atoms with van der Waals surface area (Å²) in [4.78, 5) is 16.5. The summed E-state index contributed by atoms with van der Waals surface area (Å²) in [6, 6.07) is 14.1. The molecule has 2 rings (SSSR count). The van der Waals surface area contributed by atoms with Crippen LogP contribution in [0.2, 0.25) is 0 Å². The maximum absolute atomic E-state index is 11.7. The maximum atomic E-state index is 11.7. The zero-order valence-electron chi connectivity index (χ0n) is 13.4. The number of ether oxygens (including phenoxy) is 2. The molecule has 0 spiro atoms. The van der Waals surface area contributed by atoms with Crippen molar-refractivity contribution in [3.05, 3.63) is 48.5 Å². The zero-order valence-corrected chi connectivity index (χ0v) is 13.4. The van der Waals surface area contributed by atoms with Gasteiger partial charge in [-0.3, -0.25) is 4.84 Å². The molecular weight excluding hydrogens is 296 g/mol. The Kier molecular flexibility index (Phi) is 5.82. The molecule has 122 valence electrons. The smallest absolute Gasteiger partial charge is 0.345 e. The molecule has 2 aromatic rings. The molecule has 0 aliphatic rings. The number of urea groups is 1. The van der Waals surface area contributed by atoms with Crippen LogP contribution in [0.25, 0.3) is 0 Å². The SMILES string of the molecule is CCOc1ccc(Oc2ccc(NC(=O)N(C)OC)cc2)cc1. The lowest BCUT2D eigenvalue weighted by Gasteiger charge is -2.14. The van der Waals surface area contributed by atoms with Crippen molar-refractivity contribution < 1.29 is 19.1 Å². The summed E-state index contributed by atoms with van der Waals surface area (Å²) in [5.41, 5.74) is 0.651. The predicted octanol–water partition coefficient (Wildman–Crippen LogP) is 3.90. The van der Waals surface area contributed by atoms with Crippen molar-refractivity contribution in [1.29, 1.82) is 0 Å². The number of hydrogen-bond acceptors (Lipinski definition) is 4. The van der Waals surface area contributed by atoms with Gasteiger partial charge in [-0.2, -0.15) is 0 Å². The van der Waals surface area contributed by atoms with E-state index in [0.29, 0.717) is 23.8 Å². The molecule has 2 amide bonds. The third-order valence-electron chi connectivity index (χ3n) is 3.04. The van der Waals surface area contributed by atoms with Crippen molar-refractivity contribution in [3.8, 4) is 17.2 Å². The predicted molar refractivity (Wildman–Crippen MR) is 87.9 cm³/mol. The highest BCUT2D eigenvalue weighted by molar-refractivity contribution is 5.88. The summed E-state index contributed by atoms with van der Waals surface area (Å²) in [6.45, 7) is 2.57. The quantitative estimate of drug-likeness (QED) is 0.821. The Labute approximate surface area is 135 Å². The molecule has 2 aromatic carbocycles. The van der Waals surface area contributed by atoms with E-state index in [2.05, 4.69) is 5.32 Å². The van der Waals surface area contributed by atoms with Crippen molar-refractivity contribution in [2.45, 2.75) is 6.92 Å². The number of anilines is 1. The third kappa shape index (κ3) is 4.89. The van der Waals surface area contributed by atoms with Gasteiger partial charge in [0.25, 0.3) is 0 Å². The van der Waals surface area contributed by atoms with Crippen molar-refractivity contribution in [2.24, 2.45) is 0 Å². The Morgan fingerprint density at radius 3 is 2.04 bits per heavy atom. The van der Waals surface area contributed by atoms with E-state index in [9.17, 15) is 4.79 Å². The molecule has 0 atom stereocenters. The van der Waals surface area contributed by atoms with Crippen LogP contribution in [0.5, 0.6) is 17.2 Å². The largest absolute Gasteiger partial charge is 0.494 e. The molecule has 6 nitrogen and oxygen atoms in total. The van der Waals surface area contributed by atoms with E-state index in [1.165, 1.54) is 14.2 Å². The van der Waals surface area contributed by atoms with E-state index in [1.807, 2.05) is 31.2 Å². The number of carbonyl (C=O) groups excluding carboxylic acids is 1. The molecule has 0 saturated heterocycles. The number of amides is 2. The van der Waals surface area contributed by atoms with E-state index in [-0.39, 0.29) is 6.03 Å². The second-order valence-electron chi connectivity index (χ2n) is 4.64. The summed E-state index contributed by atoms with van der Waals surface area (Å²) in [7, 11) is 2.95. The molecular formula is C17H20N2O4. The van der Waals surface area contributed by atoms with E-state index >= 15 is 0 Å². The molecule has 1 N–H and O–H groups in total. The second-order valence-corrected chi connectivity index (χ2v) is 4.64. The van der Waals surface area contributed by atoms with Crippen LogP contribution in [-0.2, 0) is 4.84 Å². The number of benzene rings is 2. The highest BCUT2D eigenvalue weighted by Crippen LogP contribution is 2.25. The molecule has 0 aliphatic heterocycles. The lowest BCUT2D eigenvalue weighted by molar-refractivity contribution is -0.0598. The van der Waals surface area contributed by atoms with Gasteiger partial charge in [0.2, 0.25) is 0 Å². The van der Waals surface area contributed by atoms with Crippen molar-refractivity contribution in [2.75, 3.05) is 26.1 Å². The second kappa shape index (κ2) is 8.05. The first-order chi connectivity index (χ1) is 11.1. The van der Waals surface area contributed by atoms with Crippen LogP contribution >= 0.6 is 0 Å². The number of nitrogens with one attached hydrogen (secondary N) is 1. The average molecular weight is 316 g/mol. The molecule has 0 bridgehead atoms. The van der Waals surface area contributed by atoms with Crippen molar-refractivity contribution in [1.82, 2.24) is 5.06 Å². The summed E-state index contributed by atoms with van der Waals surface area (Å²) >= 11 is 0. The third-order valence-corrected chi connectivity index (χ3v) is 3.04. The van der Waals surface area contributed by atoms with Gasteiger partial charge < -0.3 is 14.8 Å². The Hall–Kier alpha value is -2.73. The van der Waals surface area contributed by atoms with Gasteiger partial charge >= 0.3 is 6.03 Å². The summed E-state index contributed by atoms with van der Waals surface area (Å²) in [6.07, 6.45) is 0. The van der Waals surface area contributed by atoms with Gasteiger partial charge in [0.15, 0.2) is 0 Å². The summed E-state index contributed by atoms with van der Waals surface area (Å²) in [5, 5.41) is 3.80. The molecule has 6 heteroatoms. The molecule has 0 radical (unpaired) electrons. The van der Waals surface area contributed by atoms with Gasteiger partial charge in [0, 0.05) is 12.7 Å². The van der Waals surface area contributed by atoms with Crippen LogP contribution in [0.1, 0.15) is 6.92 Å². The number of carbonyl (C=O) groups is 1. The van der Waals surface area contributed by atoms with Gasteiger partial charge in [-0.1, -0.05) is 0 Å². The fourth-order valence-corrected chi connectivity index (χ4v) is 1.80.